The second-order valence-corrected chi connectivity index (χ2v) is 9.73. The quantitative estimate of drug-likeness (QED) is 0.290. The van der Waals surface area contributed by atoms with Crippen molar-refractivity contribution in [2.45, 2.75) is 20.5 Å². The van der Waals surface area contributed by atoms with Crippen molar-refractivity contribution >= 4 is 23.0 Å². The van der Waals surface area contributed by atoms with Crippen LogP contribution < -0.4 is 9.64 Å². The van der Waals surface area contributed by atoms with E-state index in [0.717, 1.165) is 24.3 Å². The van der Waals surface area contributed by atoms with Gasteiger partial charge in [-0.15, -0.1) is 0 Å². The Morgan fingerprint density at radius 2 is 1.62 bits per heavy atom. The van der Waals surface area contributed by atoms with Gasteiger partial charge in [0.05, 0.1) is 11.3 Å². The van der Waals surface area contributed by atoms with E-state index in [4.69, 9.17) is 9.47 Å². The molecule has 0 spiro atoms. The number of halogens is 2. The number of aromatic nitrogens is 2. The molecule has 1 aliphatic rings. The van der Waals surface area contributed by atoms with E-state index in [2.05, 4.69) is 9.88 Å². The minimum Gasteiger partial charge on any atom is -0.485 e. The van der Waals surface area contributed by atoms with Crippen molar-refractivity contribution in [3.8, 4) is 5.75 Å². The second kappa shape index (κ2) is 11.8. The number of hydrogen-bond acceptors (Lipinski definition) is 6. The highest BCUT2D eigenvalue weighted by atomic mass is 19.1. The van der Waals surface area contributed by atoms with Crippen LogP contribution in [0.3, 0.4) is 0 Å². The summed E-state index contributed by atoms with van der Waals surface area (Å²) >= 11 is 0. The molecule has 5 rings (SSSR count). The maximum absolute atomic E-state index is 14.1. The Bertz CT molecular complexity index is 1510. The Kier molecular flexibility index (Phi) is 8.06. The van der Waals surface area contributed by atoms with E-state index in [-0.39, 0.29) is 42.8 Å². The van der Waals surface area contributed by atoms with Crippen LogP contribution in [0.4, 0.5) is 14.5 Å². The summed E-state index contributed by atoms with van der Waals surface area (Å²) in [6.45, 7) is 5.28. The number of aryl methyl sites for hydroxylation is 2. The topological polar surface area (TPSA) is 76.4 Å². The summed E-state index contributed by atoms with van der Waals surface area (Å²) < 4.78 is 41.0. The monoisotopic (exact) mass is 548 g/mol. The van der Waals surface area contributed by atoms with Gasteiger partial charge in [0.2, 0.25) is 11.7 Å². The Balaban J connectivity index is 1.20. The fraction of sp³-hybridized carbons (Fsp3) is 0.300. The fourth-order valence-corrected chi connectivity index (χ4v) is 4.86. The number of para-hydroxylation sites is 1. The van der Waals surface area contributed by atoms with Gasteiger partial charge in [-0.25, -0.2) is 13.8 Å². The Labute approximate surface area is 230 Å². The summed E-state index contributed by atoms with van der Waals surface area (Å²) in [6, 6.07) is 15.4. The first-order valence-corrected chi connectivity index (χ1v) is 13.1. The number of amides is 1. The molecule has 1 fully saturated rings. The average Bonchev–Trinajstić information content (AvgIpc) is 3.28. The van der Waals surface area contributed by atoms with Crippen LogP contribution >= 0.6 is 0 Å². The molecule has 10 heteroatoms. The second-order valence-electron chi connectivity index (χ2n) is 9.73. The highest BCUT2D eigenvalue weighted by Crippen LogP contribution is 2.26. The van der Waals surface area contributed by atoms with Crippen molar-refractivity contribution in [2.24, 2.45) is 0 Å². The predicted octanol–water partition coefficient (Wildman–Crippen LogP) is 4.36. The van der Waals surface area contributed by atoms with E-state index in [9.17, 15) is 18.4 Å². The molecule has 2 aromatic heterocycles. The predicted molar refractivity (Wildman–Crippen MR) is 146 cm³/mol. The molecule has 3 heterocycles. The first kappa shape index (κ1) is 27.3. The van der Waals surface area contributed by atoms with Gasteiger partial charge in [-0.1, -0.05) is 24.3 Å². The Morgan fingerprint density at radius 1 is 0.925 bits per heavy atom. The normalized spacial score (nSPS) is 13.6. The summed E-state index contributed by atoms with van der Waals surface area (Å²) in [6.07, 6.45) is 1.73. The van der Waals surface area contributed by atoms with Crippen molar-refractivity contribution in [1.82, 2.24) is 14.3 Å². The number of ether oxygens (including phenoxy) is 2. The lowest BCUT2D eigenvalue weighted by molar-refractivity contribution is -0.136. The molecule has 0 aliphatic carbocycles. The van der Waals surface area contributed by atoms with Gasteiger partial charge in [0.25, 0.3) is 0 Å². The van der Waals surface area contributed by atoms with E-state index < -0.39 is 11.6 Å². The lowest BCUT2D eigenvalue weighted by Gasteiger charge is -2.36. The Morgan fingerprint density at radius 3 is 2.33 bits per heavy atom. The zero-order valence-corrected chi connectivity index (χ0v) is 22.4. The number of imidazole rings is 1. The number of fused-ring (bicyclic) bond motifs is 1. The molecule has 0 bridgehead atoms. The van der Waals surface area contributed by atoms with E-state index in [1.54, 1.807) is 28.5 Å². The standard InChI is InChI=1S/C30H30F2N4O4/c1-20-15-27(40-17-23-24(31)9-6-10-25(23)32)30-33-21(2)29(36(30)16-20)26(37)18-39-19-28(38)35-13-11-34(12-14-35)22-7-4-3-5-8-22/h3-10,15-16H,11-14,17-19H2,1-2H3. The van der Waals surface area contributed by atoms with Gasteiger partial charge in [-0.3, -0.25) is 14.0 Å². The number of rotatable bonds is 9. The number of piperazine rings is 1. The molecule has 8 nitrogen and oxygen atoms in total. The zero-order chi connectivity index (χ0) is 28.2. The zero-order valence-electron chi connectivity index (χ0n) is 22.4. The van der Waals surface area contributed by atoms with Gasteiger partial charge in [-0.05, 0) is 49.7 Å². The molecule has 4 aromatic rings. The number of anilines is 1. The molecule has 1 amide bonds. The highest BCUT2D eigenvalue weighted by Gasteiger charge is 2.23. The molecular formula is C30H30F2N4O4. The average molecular weight is 549 g/mol. The molecule has 0 N–H and O–H groups in total. The van der Waals surface area contributed by atoms with Crippen LogP contribution in [0.5, 0.6) is 5.75 Å². The van der Waals surface area contributed by atoms with Crippen molar-refractivity contribution in [1.29, 1.82) is 0 Å². The summed E-state index contributed by atoms with van der Waals surface area (Å²) in [4.78, 5) is 34.3. The lowest BCUT2D eigenvalue weighted by Crippen LogP contribution is -2.49. The maximum Gasteiger partial charge on any atom is 0.248 e. The van der Waals surface area contributed by atoms with Crippen LogP contribution in [-0.4, -0.2) is 65.4 Å². The van der Waals surface area contributed by atoms with Gasteiger partial charge in [-0.2, -0.15) is 0 Å². The number of ketones is 1. The molecular weight excluding hydrogens is 518 g/mol. The van der Waals surface area contributed by atoms with Crippen LogP contribution in [0.2, 0.25) is 0 Å². The third-order valence-corrected chi connectivity index (χ3v) is 6.91. The SMILES string of the molecule is Cc1cc(OCc2c(F)cccc2F)c2nc(C)c(C(=O)COCC(=O)N3CCN(c4ccccc4)CC3)n2c1. The summed E-state index contributed by atoms with van der Waals surface area (Å²) in [5.74, 6) is -1.63. The molecule has 0 saturated carbocycles. The van der Waals surface area contributed by atoms with E-state index in [1.165, 1.54) is 18.2 Å². The van der Waals surface area contributed by atoms with Crippen LogP contribution in [-0.2, 0) is 16.1 Å². The van der Waals surface area contributed by atoms with E-state index in [1.807, 2.05) is 37.3 Å². The Hall–Kier alpha value is -4.31. The van der Waals surface area contributed by atoms with Crippen molar-refractivity contribution < 1.29 is 27.8 Å². The van der Waals surface area contributed by atoms with Gasteiger partial charge in [0.1, 0.15) is 37.1 Å². The third kappa shape index (κ3) is 5.81. The largest absolute Gasteiger partial charge is 0.485 e. The minimum absolute atomic E-state index is 0.165. The summed E-state index contributed by atoms with van der Waals surface area (Å²) in [5.41, 5.74) is 2.78. The molecule has 0 atom stereocenters. The van der Waals surface area contributed by atoms with Gasteiger partial charge in [0, 0.05) is 38.1 Å². The molecule has 0 radical (unpaired) electrons. The van der Waals surface area contributed by atoms with Gasteiger partial charge >= 0.3 is 0 Å². The fourth-order valence-electron chi connectivity index (χ4n) is 4.86. The van der Waals surface area contributed by atoms with Crippen molar-refractivity contribution in [2.75, 3.05) is 44.3 Å². The van der Waals surface area contributed by atoms with Gasteiger partial charge < -0.3 is 19.3 Å². The van der Waals surface area contributed by atoms with Gasteiger partial charge in [0.15, 0.2) is 11.4 Å². The van der Waals surface area contributed by atoms with Crippen molar-refractivity contribution in [3.63, 3.8) is 0 Å². The number of hydrogen-bond donors (Lipinski definition) is 0. The van der Waals surface area contributed by atoms with E-state index >= 15 is 0 Å². The number of nitrogens with zero attached hydrogens (tertiary/aromatic N) is 4. The number of benzene rings is 2. The van der Waals surface area contributed by atoms with Crippen LogP contribution in [0.25, 0.3) is 5.65 Å². The smallest absolute Gasteiger partial charge is 0.248 e. The van der Waals surface area contributed by atoms with Crippen LogP contribution in [0.15, 0.2) is 60.8 Å². The van der Waals surface area contributed by atoms with E-state index in [0.29, 0.717) is 30.1 Å². The molecule has 2 aromatic carbocycles. The summed E-state index contributed by atoms with van der Waals surface area (Å²) in [5, 5.41) is 0. The summed E-state index contributed by atoms with van der Waals surface area (Å²) in [7, 11) is 0. The molecule has 1 aliphatic heterocycles. The molecule has 40 heavy (non-hydrogen) atoms. The number of carbonyl (C=O) groups excluding carboxylic acids is 2. The first-order valence-electron chi connectivity index (χ1n) is 13.1. The number of pyridine rings is 1. The van der Waals surface area contributed by atoms with Crippen molar-refractivity contribution in [3.05, 3.63) is 94.9 Å². The maximum atomic E-state index is 14.1. The highest BCUT2D eigenvalue weighted by molar-refractivity contribution is 5.98. The molecule has 208 valence electrons. The number of Topliss-reactive ketones (excluding diaryl/α,β-unsaturated/α-hetero) is 1. The third-order valence-electron chi connectivity index (χ3n) is 6.91. The number of carbonyl (C=O) groups is 2. The minimum atomic E-state index is -0.705. The molecule has 1 saturated heterocycles. The van der Waals surface area contributed by atoms with Crippen LogP contribution in [0, 0.1) is 25.5 Å². The molecule has 0 unspecified atom stereocenters. The lowest BCUT2D eigenvalue weighted by atomic mass is 10.2. The first-order chi connectivity index (χ1) is 19.3. The van der Waals surface area contributed by atoms with Crippen LogP contribution in [0.1, 0.15) is 27.3 Å².